The van der Waals surface area contributed by atoms with Gasteiger partial charge in [-0.1, -0.05) is 0 Å². The summed E-state index contributed by atoms with van der Waals surface area (Å²) in [7, 11) is 0. The molecule has 2 aromatic heterocycles. The van der Waals surface area contributed by atoms with E-state index in [1.165, 1.54) is 11.3 Å². The lowest BCUT2D eigenvalue weighted by Crippen LogP contribution is -2.06. The molecule has 0 saturated carbocycles. The van der Waals surface area contributed by atoms with Crippen molar-refractivity contribution in [2.24, 2.45) is 0 Å². The number of halogens is 2. The average molecular weight is 302 g/mol. The van der Waals surface area contributed by atoms with E-state index in [-0.39, 0.29) is 12.5 Å². The fourth-order valence-electron chi connectivity index (χ4n) is 1.65. The fraction of sp³-hybridized carbons (Fsp3) is 0.417. The van der Waals surface area contributed by atoms with Gasteiger partial charge >= 0.3 is 5.97 Å². The zero-order chi connectivity index (χ0) is 14.9. The minimum Gasteiger partial charge on any atom is -0.460 e. The van der Waals surface area contributed by atoms with Gasteiger partial charge in [-0.15, -0.1) is 11.3 Å². The van der Waals surface area contributed by atoms with Crippen LogP contribution in [0.5, 0.6) is 0 Å². The van der Waals surface area contributed by atoms with Gasteiger partial charge in [0, 0.05) is 0 Å². The second-order valence-electron chi connectivity index (χ2n) is 3.90. The molecule has 20 heavy (non-hydrogen) atoms. The number of aryl methyl sites for hydroxylation is 2. The van der Waals surface area contributed by atoms with E-state index in [0.717, 1.165) is 5.01 Å². The Balaban J connectivity index is 2.49. The Morgan fingerprint density at radius 3 is 2.60 bits per heavy atom. The first-order chi connectivity index (χ1) is 9.43. The van der Waals surface area contributed by atoms with Crippen LogP contribution in [0.15, 0.2) is 4.42 Å². The Kier molecular flexibility index (Phi) is 4.12. The van der Waals surface area contributed by atoms with Crippen molar-refractivity contribution in [1.29, 1.82) is 0 Å². The molecule has 8 heteroatoms. The molecule has 0 aliphatic carbocycles. The van der Waals surface area contributed by atoms with Crippen LogP contribution in [0, 0.1) is 13.8 Å². The van der Waals surface area contributed by atoms with E-state index in [9.17, 15) is 13.6 Å². The maximum Gasteiger partial charge on any atom is 0.376 e. The Morgan fingerprint density at radius 2 is 2.10 bits per heavy atom. The zero-order valence-corrected chi connectivity index (χ0v) is 11.9. The number of rotatable bonds is 4. The largest absolute Gasteiger partial charge is 0.460 e. The van der Waals surface area contributed by atoms with Gasteiger partial charge in [-0.2, -0.15) is 0 Å². The number of aromatic nitrogens is 2. The van der Waals surface area contributed by atoms with E-state index in [2.05, 4.69) is 14.7 Å². The lowest BCUT2D eigenvalue weighted by atomic mass is 10.3. The van der Waals surface area contributed by atoms with E-state index in [1.807, 2.05) is 0 Å². The van der Waals surface area contributed by atoms with Crippen LogP contribution in [-0.4, -0.2) is 22.5 Å². The molecule has 0 spiro atoms. The highest BCUT2D eigenvalue weighted by molar-refractivity contribution is 7.15. The number of alkyl halides is 2. The first-order valence-electron chi connectivity index (χ1n) is 5.84. The molecule has 0 radical (unpaired) electrons. The van der Waals surface area contributed by atoms with Crippen LogP contribution < -0.4 is 0 Å². The summed E-state index contributed by atoms with van der Waals surface area (Å²) in [5, 5.41) is 0.756. The van der Waals surface area contributed by atoms with E-state index in [4.69, 9.17) is 4.42 Å². The Labute approximate surface area is 117 Å². The van der Waals surface area contributed by atoms with E-state index in [1.54, 1.807) is 20.8 Å². The molecule has 0 fully saturated rings. The molecule has 0 unspecified atom stereocenters. The fourth-order valence-corrected chi connectivity index (χ4v) is 2.50. The number of esters is 1. The van der Waals surface area contributed by atoms with Gasteiger partial charge < -0.3 is 9.15 Å². The Morgan fingerprint density at radius 1 is 1.40 bits per heavy atom. The predicted molar refractivity (Wildman–Crippen MR) is 68.0 cm³/mol. The van der Waals surface area contributed by atoms with Crippen molar-refractivity contribution in [1.82, 2.24) is 9.97 Å². The first kappa shape index (κ1) is 14.6. The van der Waals surface area contributed by atoms with Crippen LogP contribution in [0.3, 0.4) is 0 Å². The Hall–Kier alpha value is -1.83. The number of thiazole rings is 1. The van der Waals surface area contributed by atoms with Gasteiger partial charge in [-0.25, -0.2) is 23.5 Å². The third kappa shape index (κ3) is 2.69. The normalized spacial score (nSPS) is 11.1. The molecule has 0 aromatic carbocycles. The maximum absolute atomic E-state index is 12.9. The Bertz CT molecular complexity index is 637. The molecule has 0 saturated heterocycles. The summed E-state index contributed by atoms with van der Waals surface area (Å²) in [6, 6.07) is 0. The monoisotopic (exact) mass is 302 g/mol. The number of oxazole rings is 1. The van der Waals surface area contributed by atoms with E-state index in [0.29, 0.717) is 10.6 Å². The maximum atomic E-state index is 12.9. The molecule has 2 heterocycles. The summed E-state index contributed by atoms with van der Waals surface area (Å²) < 4.78 is 35.7. The average Bonchev–Trinajstić information content (AvgIpc) is 2.93. The van der Waals surface area contributed by atoms with Crippen LogP contribution in [0.2, 0.25) is 0 Å². The summed E-state index contributed by atoms with van der Waals surface area (Å²) in [5.74, 6) is -1.53. The molecule has 0 aliphatic heterocycles. The summed E-state index contributed by atoms with van der Waals surface area (Å²) in [5.41, 5.74) is -0.0890. The quantitative estimate of drug-likeness (QED) is 0.808. The van der Waals surface area contributed by atoms with Gasteiger partial charge in [-0.3, -0.25) is 0 Å². The lowest BCUT2D eigenvalue weighted by molar-refractivity contribution is 0.0476. The second kappa shape index (κ2) is 5.66. The molecular weight excluding hydrogens is 290 g/mol. The van der Waals surface area contributed by atoms with Gasteiger partial charge in [0.25, 0.3) is 6.43 Å². The molecule has 0 aliphatic rings. The minimum atomic E-state index is -2.92. The highest BCUT2D eigenvalue weighted by atomic mass is 32.1. The van der Waals surface area contributed by atoms with Gasteiger partial charge in [0.15, 0.2) is 5.69 Å². The molecule has 108 valence electrons. The van der Waals surface area contributed by atoms with Crippen molar-refractivity contribution in [3.8, 4) is 10.8 Å². The first-order valence-corrected chi connectivity index (χ1v) is 6.66. The number of carbonyl (C=O) groups is 1. The molecule has 5 nitrogen and oxygen atoms in total. The van der Waals surface area contributed by atoms with Crippen LogP contribution in [-0.2, 0) is 4.74 Å². The molecule has 0 amide bonds. The second-order valence-corrected chi connectivity index (χ2v) is 5.11. The summed E-state index contributed by atoms with van der Waals surface area (Å²) in [6.07, 6.45) is -2.92. The van der Waals surface area contributed by atoms with Crippen LogP contribution >= 0.6 is 11.3 Å². The smallest absolute Gasteiger partial charge is 0.376 e. The third-order valence-corrected chi connectivity index (χ3v) is 3.48. The number of ether oxygens (including phenoxy) is 1. The van der Waals surface area contributed by atoms with Gasteiger partial charge in [0.05, 0.1) is 17.3 Å². The van der Waals surface area contributed by atoms with Gasteiger partial charge in [0.1, 0.15) is 4.88 Å². The van der Waals surface area contributed by atoms with E-state index >= 15 is 0 Å². The van der Waals surface area contributed by atoms with Crippen molar-refractivity contribution in [3.63, 3.8) is 0 Å². The standard InChI is InChI=1S/C12H12F2N2O3S/c1-4-18-12(17)8-7(10(13)14)16-11(19-8)9-5(2)15-6(3)20-9/h10H,4H2,1-3H3. The summed E-state index contributed by atoms with van der Waals surface area (Å²) in [4.78, 5) is 20.0. The third-order valence-electron chi connectivity index (χ3n) is 2.42. The highest BCUT2D eigenvalue weighted by Gasteiger charge is 2.29. The van der Waals surface area contributed by atoms with Crippen molar-refractivity contribution < 1.29 is 22.7 Å². The van der Waals surface area contributed by atoms with Crippen molar-refractivity contribution in [3.05, 3.63) is 22.2 Å². The number of nitrogens with zero attached hydrogens (tertiary/aromatic N) is 2. The lowest BCUT2D eigenvalue weighted by Gasteiger charge is -1.99. The topological polar surface area (TPSA) is 65.2 Å². The molecule has 2 rings (SSSR count). The number of hydrogen-bond acceptors (Lipinski definition) is 6. The zero-order valence-electron chi connectivity index (χ0n) is 11.1. The summed E-state index contributed by atoms with van der Waals surface area (Å²) >= 11 is 1.26. The predicted octanol–water partition coefficient (Wildman–Crippen LogP) is 3.53. The molecule has 0 bridgehead atoms. The number of carbonyl (C=O) groups excluding carboxylic acids is 1. The minimum absolute atomic E-state index is 0.0357. The van der Waals surface area contributed by atoms with Crippen molar-refractivity contribution in [2.45, 2.75) is 27.2 Å². The van der Waals surface area contributed by atoms with Gasteiger partial charge in [-0.05, 0) is 20.8 Å². The van der Waals surface area contributed by atoms with Crippen LogP contribution in [0.1, 0.15) is 40.3 Å². The molecule has 2 aromatic rings. The SMILES string of the molecule is CCOC(=O)c1oc(-c2sc(C)nc2C)nc1C(F)F. The van der Waals surface area contributed by atoms with Crippen molar-refractivity contribution in [2.75, 3.05) is 6.61 Å². The summed E-state index contributed by atoms with van der Waals surface area (Å²) in [6.45, 7) is 5.14. The molecule has 0 atom stereocenters. The molecule has 0 N–H and O–H groups in total. The van der Waals surface area contributed by atoms with Crippen LogP contribution in [0.4, 0.5) is 8.78 Å². The van der Waals surface area contributed by atoms with E-state index < -0.39 is 23.8 Å². The van der Waals surface area contributed by atoms with Crippen LogP contribution in [0.25, 0.3) is 10.8 Å². The van der Waals surface area contributed by atoms with Gasteiger partial charge in [0.2, 0.25) is 11.7 Å². The highest BCUT2D eigenvalue weighted by Crippen LogP contribution is 2.33. The molecular formula is C12H12F2N2O3S. The number of hydrogen-bond donors (Lipinski definition) is 0. The van der Waals surface area contributed by atoms with Crippen molar-refractivity contribution >= 4 is 17.3 Å².